The van der Waals surface area contributed by atoms with Crippen LogP contribution in [0.2, 0.25) is 0 Å². The molecule has 1 aliphatic rings. The van der Waals surface area contributed by atoms with Gasteiger partial charge in [0, 0.05) is 12.3 Å². The minimum Gasteiger partial charge on any atom is -0.369 e. The Hall–Kier alpha value is -2.81. The Morgan fingerprint density at radius 3 is 2.75 bits per heavy atom. The van der Waals surface area contributed by atoms with E-state index in [1.165, 1.54) is 18.2 Å². The summed E-state index contributed by atoms with van der Waals surface area (Å²) in [5, 5.41) is 5.31. The van der Waals surface area contributed by atoms with Crippen molar-refractivity contribution >= 4 is 29.3 Å². The Labute approximate surface area is 162 Å². The van der Waals surface area contributed by atoms with E-state index in [0.717, 1.165) is 4.90 Å². The maximum atomic E-state index is 13.9. The van der Waals surface area contributed by atoms with Crippen LogP contribution in [0.5, 0.6) is 0 Å². The number of imide groups is 1. The van der Waals surface area contributed by atoms with E-state index in [0.29, 0.717) is 19.4 Å². The number of rotatable bonds is 6. The van der Waals surface area contributed by atoms with Crippen LogP contribution in [0.3, 0.4) is 0 Å². The summed E-state index contributed by atoms with van der Waals surface area (Å²) < 4.78 is 13.9. The molecule has 4 N–H and O–H groups in total. The second kappa shape index (κ2) is 9.93. The van der Waals surface area contributed by atoms with Crippen LogP contribution in [0.15, 0.2) is 24.3 Å². The van der Waals surface area contributed by atoms with Crippen LogP contribution >= 0.6 is 0 Å². The van der Waals surface area contributed by atoms with Crippen molar-refractivity contribution in [3.63, 3.8) is 0 Å². The van der Waals surface area contributed by atoms with E-state index >= 15 is 0 Å². The third-order valence-electron chi connectivity index (χ3n) is 4.69. The Balaban J connectivity index is 2.22. The first-order valence-corrected chi connectivity index (χ1v) is 9.21. The molecule has 0 radical (unpaired) electrons. The number of Topliss-reactive ketones (excluding diaryl/α,β-unsaturated/α-hetero) is 1. The van der Waals surface area contributed by atoms with Crippen molar-refractivity contribution in [1.29, 1.82) is 0 Å². The lowest BCUT2D eigenvalue weighted by atomic mass is 10.0. The van der Waals surface area contributed by atoms with Gasteiger partial charge in [-0.2, -0.15) is 0 Å². The van der Waals surface area contributed by atoms with Gasteiger partial charge < -0.3 is 16.4 Å². The number of carbonyl (C=O) groups excluding carboxylic acids is 4. The highest BCUT2D eigenvalue weighted by Crippen LogP contribution is 2.19. The number of hydrogen-bond donors (Lipinski definition) is 3. The van der Waals surface area contributed by atoms with Crippen molar-refractivity contribution in [2.24, 2.45) is 11.7 Å². The summed E-state index contributed by atoms with van der Waals surface area (Å²) in [4.78, 5) is 50.1. The number of nitrogens with two attached hydrogens (primary N) is 1. The van der Waals surface area contributed by atoms with Crippen LogP contribution in [0.25, 0.3) is 0 Å². The summed E-state index contributed by atoms with van der Waals surface area (Å²) in [6.45, 7) is 2.22. The number of primary amides is 1. The molecule has 0 spiro atoms. The van der Waals surface area contributed by atoms with E-state index in [1.807, 2.05) is 0 Å². The highest BCUT2D eigenvalue weighted by molar-refractivity contribution is 6.05. The first-order chi connectivity index (χ1) is 13.3. The van der Waals surface area contributed by atoms with Crippen LogP contribution in [0.1, 0.15) is 32.6 Å². The molecular weight excluding hydrogens is 367 g/mol. The van der Waals surface area contributed by atoms with Crippen molar-refractivity contribution < 1.29 is 23.6 Å². The van der Waals surface area contributed by atoms with Gasteiger partial charge in [0.05, 0.1) is 12.2 Å². The highest BCUT2D eigenvalue weighted by atomic mass is 19.1. The second-order valence-electron chi connectivity index (χ2n) is 6.82. The summed E-state index contributed by atoms with van der Waals surface area (Å²) >= 11 is 0. The predicted molar refractivity (Wildman–Crippen MR) is 101 cm³/mol. The SMILES string of the molecule is CC(CCC(=O)N(C(=O)Nc1ccccc1F)[C@H]1CCCNCC1=O)C(N)=O. The lowest BCUT2D eigenvalue weighted by molar-refractivity contribution is -0.136. The zero-order valence-corrected chi connectivity index (χ0v) is 15.7. The topological polar surface area (TPSA) is 122 Å². The molecule has 9 heteroatoms. The molecule has 1 aliphatic heterocycles. The maximum Gasteiger partial charge on any atom is 0.329 e. The molecule has 8 nitrogen and oxygen atoms in total. The van der Waals surface area contributed by atoms with Crippen molar-refractivity contribution in [2.45, 2.75) is 38.6 Å². The minimum atomic E-state index is -0.946. The fourth-order valence-electron chi connectivity index (χ4n) is 2.95. The van der Waals surface area contributed by atoms with Crippen LogP contribution in [0, 0.1) is 11.7 Å². The Kier molecular flexibility index (Phi) is 7.62. The molecule has 2 rings (SSSR count). The first kappa shape index (κ1) is 21.5. The monoisotopic (exact) mass is 392 g/mol. The standard InChI is InChI=1S/C19H25FN4O4/c1-12(18(21)27)8-9-17(26)24(15-7-4-10-22-11-16(15)25)19(28)23-14-6-3-2-5-13(14)20/h2-3,5-6,12,15,22H,4,7-11H2,1H3,(H2,21,27)(H,23,28)/t12?,15-/m0/s1. The molecule has 1 aromatic carbocycles. The normalized spacial score (nSPS) is 18.1. The molecule has 1 heterocycles. The molecule has 1 saturated heterocycles. The fraction of sp³-hybridized carbons (Fsp3) is 0.474. The number of nitrogens with zero attached hydrogens (tertiary/aromatic N) is 1. The van der Waals surface area contributed by atoms with E-state index in [4.69, 9.17) is 5.73 Å². The maximum absolute atomic E-state index is 13.9. The third-order valence-corrected chi connectivity index (χ3v) is 4.69. The van der Waals surface area contributed by atoms with Crippen LogP contribution in [-0.2, 0) is 14.4 Å². The lowest BCUT2D eigenvalue weighted by Gasteiger charge is -2.28. The number of hydrogen-bond acceptors (Lipinski definition) is 5. The number of benzene rings is 1. The number of ketones is 1. The predicted octanol–water partition coefficient (Wildman–Crippen LogP) is 1.41. The summed E-state index contributed by atoms with van der Waals surface area (Å²) in [6.07, 6.45) is 0.932. The van der Waals surface area contributed by atoms with Crippen LogP contribution in [-0.4, -0.2) is 47.7 Å². The Morgan fingerprint density at radius 1 is 1.36 bits per heavy atom. The minimum absolute atomic E-state index is 0.0408. The van der Waals surface area contributed by atoms with Crippen molar-refractivity contribution in [3.05, 3.63) is 30.1 Å². The van der Waals surface area contributed by atoms with Crippen molar-refractivity contribution in [2.75, 3.05) is 18.4 Å². The molecule has 1 aromatic rings. The number of carbonyl (C=O) groups is 4. The third kappa shape index (κ3) is 5.59. The second-order valence-corrected chi connectivity index (χ2v) is 6.82. The van der Waals surface area contributed by atoms with Gasteiger partial charge in [0.25, 0.3) is 0 Å². The number of urea groups is 1. The molecule has 0 saturated carbocycles. The van der Waals surface area contributed by atoms with Crippen molar-refractivity contribution in [1.82, 2.24) is 10.2 Å². The van der Waals surface area contributed by atoms with Crippen LogP contribution in [0.4, 0.5) is 14.9 Å². The molecule has 1 fully saturated rings. The highest BCUT2D eigenvalue weighted by Gasteiger charge is 2.35. The van der Waals surface area contributed by atoms with Crippen LogP contribution < -0.4 is 16.4 Å². The fourth-order valence-corrected chi connectivity index (χ4v) is 2.95. The molecule has 4 amide bonds. The molecule has 0 aliphatic carbocycles. The average molecular weight is 392 g/mol. The summed E-state index contributed by atoms with van der Waals surface area (Å²) in [6, 6.07) is 3.73. The van der Waals surface area contributed by atoms with Gasteiger partial charge in [-0.1, -0.05) is 19.1 Å². The number of amides is 4. The summed E-state index contributed by atoms with van der Waals surface area (Å²) in [5.41, 5.74) is 5.13. The van der Waals surface area contributed by atoms with Gasteiger partial charge in [-0.25, -0.2) is 9.18 Å². The van der Waals surface area contributed by atoms with Gasteiger partial charge in [-0.15, -0.1) is 0 Å². The summed E-state index contributed by atoms with van der Waals surface area (Å²) in [5.74, 6) is -2.66. The van der Waals surface area contributed by atoms with Gasteiger partial charge in [0.15, 0.2) is 5.78 Å². The van der Waals surface area contributed by atoms with Gasteiger partial charge in [-0.05, 0) is 37.9 Å². The number of anilines is 1. The smallest absolute Gasteiger partial charge is 0.329 e. The molecular formula is C19H25FN4O4. The molecule has 152 valence electrons. The van der Waals surface area contributed by atoms with Gasteiger partial charge in [0.2, 0.25) is 11.8 Å². The Morgan fingerprint density at radius 2 is 2.07 bits per heavy atom. The lowest BCUT2D eigenvalue weighted by Crippen LogP contribution is -2.51. The van der Waals surface area contributed by atoms with E-state index < -0.39 is 35.6 Å². The summed E-state index contributed by atoms with van der Waals surface area (Å²) in [7, 11) is 0. The Bertz CT molecular complexity index is 755. The van der Waals surface area contributed by atoms with E-state index in [9.17, 15) is 23.6 Å². The van der Waals surface area contributed by atoms with Gasteiger partial charge >= 0.3 is 6.03 Å². The zero-order chi connectivity index (χ0) is 20.7. The molecule has 0 bridgehead atoms. The number of para-hydroxylation sites is 1. The molecule has 1 unspecified atom stereocenters. The average Bonchev–Trinajstić information content (AvgIpc) is 2.86. The molecule has 2 atom stereocenters. The largest absolute Gasteiger partial charge is 0.369 e. The van der Waals surface area contributed by atoms with Gasteiger partial charge in [-0.3, -0.25) is 19.3 Å². The molecule has 0 aromatic heterocycles. The number of nitrogens with one attached hydrogen (secondary N) is 2. The first-order valence-electron chi connectivity index (χ1n) is 9.21. The number of halogens is 1. The zero-order valence-electron chi connectivity index (χ0n) is 15.7. The van der Waals surface area contributed by atoms with E-state index in [1.54, 1.807) is 13.0 Å². The van der Waals surface area contributed by atoms with Crippen molar-refractivity contribution in [3.8, 4) is 0 Å². The quantitative estimate of drug-likeness (QED) is 0.676. The van der Waals surface area contributed by atoms with Gasteiger partial charge in [0.1, 0.15) is 11.9 Å². The van der Waals surface area contributed by atoms with E-state index in [-0.39, 0.29) is 30.9 Å². The van der Waals surface area contributed by atoms with E-state index in [2.05, 4.69) is 10.6 Å². The molecule has 28 heavy (non-hydrogen) atoms.